The Labute approximate surface area is 238 Å². The summed E-state index contributed by atoms with van der Waals surface area (Å²) in [6, 6.07) is 21.7. The number of rotatable bonds is 7. The van der Waals surface area contributed by atoms with Crippen LogP contribution < -0.4 is 21.2 Å². The van der Waals surface area contributed by atoms with Gasteiger partial charge >= 0.3 is 0 Å². The van der Waals surface area contributed by atoms with Crippen LogP contribution in [0.4, 0.5) is 5.69 Å². The molecule has 0 saturated carbocycles. The molecular weight excluding hydrogens is 524 g/mol. The first-order chi connectivity index (χ1) is 19.5. The van der Waals surface area contributed by atoms with Crippen LogP contribution in [0, 0.1) is 5.92 Å². The topological polar surface area (TPSA) is 75.6 Å². The fourth-order valence-electron chi connectivity index (χ4n) is 5.81. The lowest BCUT2D eigenvalue weighted by molar-refractivity contribution is 0.0665. The van der Waals surface area contributed by atoms with Crippen molar-refractivity contribution in [2.24, 2.45) is 5.92 Å². The zero-order chi connectivity index (χ0) is 27.6. The number of hydrogen-bond acceptors (Lipinski definition) is 5. The van der Waals surface area contributed by atoms with E-state index in [2.05, 4.69) is 33.5 Å². The third-order valence-electron chi connectivity index (χ3n) is 7.95. The molecule has 1 fully saturated rings. The maximum absolute atomic E-state index is 13.9. The molecule has 7 nitrogen and oxygen atoms in total. The molecule has 206 valence electrons. The summed E-state index contributed by atoms with van der Waals surface area (Å²) in [5.74, 6) is 0.124. The van der Waals surface area contributed by atoms with Gasteiger partial charge in [-0.1, -0.05) is 54.1 Å². The van der Waals surface area contributed by atoms with E-state index in [1.807, 2.05) is 48.5 Å². The highest BCUT2D eigenvalue weighted by Gasteiger charge is 2.28. The van der Waals surface area contributed by atoms with Crippen molar-refractivity contribution >= 4 is 34.1 Å². The molecule has 0 bridgehead atoms. The van der Waals surface area contributed by atoms with Gasteiger partial charge in [0.25, 0.3) is 5.91 Å². The third kappa shape index (κ3) is 5.50. The minimum Gasteiger partial charge on any atom is -0.381 e. The molecule has 1 aromatic heterocycles. The van der Waals surface area contributed by atoms with Crippen molar-refractivity contribution in [2.75, 3.05) is 25.3 Å². The lowest BCUT2D eigenvalue weighted by Crippen LogP contribution is -2.46. The summed E-state index contributed by atoms with van der Waals surface area (Å²) in [6.45, 7) is 1.86. The normalized spacial score (nSPS) is 17.2. The highest BCUT2D eigenvalue weighted by molar-refractivity contribution is 6.30. The number of carbonyl (C=O) groups is 1. The number of hydrogen-bond donors (Lipinski definition) is 2. The minimum atomic E-state index is -0.389. The molecule has 1 atom stereocenters. The molecule has 1 unspecified atom stereocenters. The molecule has 8 heteroatoms. The van der Waals surface area contributed by atoms with Gasteiger partial charge in [0.2, 0.25) is 5.43 Å². The smallest absolute Gasteiger partial charge is 0.257 e. The average Bonchev–Trinajstić information content (AvgIpc) is 2.97. The van der Waals surface area contributed by atoms with Crippen molar-refractivity contribution in [3.63, 3.8) is 0 Å². The second kappa shape index (κ2) is 11.5. The number of pyridine rings is 1. The highest BCUT2D eigenvalue weighted by atomic mass is 35.5. The molecule has 4 aromatic rings. The van der Waals surface area contributed by atoms with Crippen LogP contribution in [0.15, 0.2) is 77.7 Å². The maximum Gasteiger partial charge on any atom is 0.257 e. The van der Waals surface area contributed by atoms with Crippen molar-refractivity contribution < 1.29 is 9.53 Å². The van der Waals surface area contributed by atoms with Crippen molar-refractivity contribution in [1.29, 1.82) is 0 Å². The Morgan fingerprint density at radius 2 is 1.75 bits per heavy atom. The molecule has 1 amide bonds. The number of halogens is 1. The van der Waals surface area contributed by atoms with Crippen LogP contribution in [0.1, 0.15) is 46.1 Å². The van der Waals surface area contributed by atoms with Crippen LogP contribution in [0.25, 0.3) is 10.9 Å². The molecule has 2 N–H and O–H groups in total. The number of nitrogens with one attached hydrogen (secondary N) is 2. The van der Waals surface area contributed by atoms with Gasteiger partial charge in [0.1, 0.15) is 11.7 Å². The Morgan fingerprint density at radius 3 is 2.50 bits per heavy atom. The van der Waals surface area contributed by atoms with E-state index >= 15 is 0 Å². The van der Waals surface area contributed by atoms with Gasteiger partial charge in [0.05, 0.1) is 11.2 Å². The van der Waals surface area contributed by atoms with Gasteiger partial charge < -0.3 is 19.6 Å². The molecule has 40 heavy (non-hydrogen) atoms. The number of nitrogens with zero attached hydrogens (tertiary/aromatic N) is 2. The highest BCUT2D eigenvalue weighted by Crippen LogP contribution is 2.34. The first-order valence-corrected chi connectivity index (χ1v) is 14.2. The van der Waals surface area contributed by atoms with Gasteiger partial charge in [-0.15, -0.1) is 0 Å². The lowest BCUT2D eigenvalue weighted by Gasteiger charge is -2.37. The van der Waals surface area contributed by atoms with E-state index in [4.69, 9.17) is 16.3 Å². The first kappa shape index (κ1) is 26.6. The third-order valence-corrected chi connectivity index (χ3v) is 8.21. The second-order valence-electron chi connectivity index (χ2n) is 10.8. The van der Waals surface area contributed by atoms with Gasteiger partial charge in [-0.3, -0.25) is 9.59 Å². The summed E-state index contributed by atoms with van der Waals surface area (Å²) < 4.78 is 7.62. The molecule has 3 aromatic carbocycles. The van der Waals surface area contributed by atoms with E-state index in [1.165, 1.54) is 0 Å². The van der Waals surface area contributed by atoms with E-state index in [-0.39, 0.29) is 23.1 Å². The Bertz CT molecular complexity index is 1580. The van der Waals surface area contributed by atoms with Crippen LogP contribution in [0.2, 0.25) is 5.02 Å². The first-order valence-electron chi connectivity index (χ1n) is 13.8. The van der Waals surface area contributed by atoms with Crippen molar-refractivity contribution in [1.82, 2.24) is 15.3 Å². The number of anilines is 1. The quantitative estimate of drug-likeness (QED) is 0.325. The molecule has 0 radical (unpaired) electrons. The molecule has 2 aliphatic heterocycles. The van der Waals surface area contributed by atoms with Gasteiger partial charge in [0.15, 0.2) is 0 Å². The number of aromatic nitrogens is 1. The molecule has 1 saturated heterocycles. The summed E-state index contributed by atoms with van der Waals surface area (Å²) in [5, 5.41) is 6.16. The SMILES string of the molecule is CN1NC(Cc2ccccc2)n2cc(C(=O)NCc3ccc(Cl)cc3)c(=O)c3cc(CC4CCOCC4)cc1c32. The van der Waals surface area contributed by atoms with Gasteiger partial charge in [0, 0.05) is 49.8 Å². The Kier molecular flexibility index (Phi) is 7.61. The van der Waals surface area contributed by atoms with Gasteiger partial charge in [-0.25, -0.2) is 5.43 Å². The number of hydrazine groups is 1. The van der Waals surface area contributed by atoms with E-state index < -0.39 is 0 Å². The average molecular weight is 557 g/mol. The summed E-state index contributed by atoms with van der Waals surface area (Å²) in [7, 11) is 1.99. The summed E-state index contributed by atoms with van der Waals surface area (Å²) >= 11 is 6.01. The summed E-state index contributed by atoms with van der Waals surface area (Å²) in [5.41, 5.74) is 8.44. The van der Waals surface area contributed by atoms with Crippen molar-refractivity contribution in [2.45, 2.75) is 38.4 Å². The fraction of sp³-hybridized carbons (Fsp3) is 0.312. The lowest BCUT2D eigenvalue weighted by atomic mass is 9.91. The summed E-state index contributed by atoms with van der Waals surface area (Å²) in [4.78, 5) is 27.4. The van der Waals surface area contributed by atoms with E-state index in [0.717, 1.165) is 60.4 Å². The number of benzene rings is 3. The van der Waals surface area contributed by atoms with Crippen molar-refractivity contribution in [3.05, 3.63) is 110 Å². The Hall–Kier alpha value is -3.65. The molecule has 0 spiro atoms. The van der Waals surface area contributed by atoms with Crippen LogP contribution in [0.3, 0.4) is 0 Å². The maximum atomic E-state index is 13.9. The molecule has 6 rings (SSSR count). The monoisotopic (exact) mass is 556 g/mol. The Morgan fingerprint density at radius 1 is 1.00 bits per heavy atom. The zero-order valence-corrected chi connectivity index (χ0v) is 23.3. The zero-order valence-electron chi connectivity index (χ0n) is 22.5. The van der Waals surface area contributed by atoms with Crippen LogP contribution in [-0.2, 0) is 24.1 Å². The standard InChI is InChI=1S/C32H33ClN4O3/c1-36-28-17-24(15-22-11-13-40-14-12-22)16-26-30(28)37(29(35-36)18-21-5-3-2-4-6-21)20-27(31(26)38)32(39)34-19-23-7-9-25(33)10-8-23/h2-10,16-17,20,22,29,35H,11-15,18-19H2,1H3,(H,34,39). The van der Waals surface area contributed by atoms with Crippen LogP contribution in [-0.4, -0.2) is 30.7 Å². The Balaban J connectivity index is 1.42. The van der Waals surface area contributed by atoms with E-state index in [0.29, 0.717) is 29.3 Å². The largest absolute Gasteiger partial charge is 0.381 e. The van der Waals surface area contributed by atoms with Crippen molar-refractivity contribution in [3.8, 4) is 0 Å². The minimum absolute atomic E-state index is 0.139. The number of carbonyl (C=O) groups excluding carboxylic acids is 1. The second-order valence-corrected chi connectivity index (χ2v) is 11.2. The number of ether oxygens (including phenoxy) is 1. The molecule has 2 aliphatic rings. The van der Waals surface area contributed by atoms with Gasteiger partial charge in [-0.05, 0) is 66.1 Å². The van der Waals surface area contributed by atoms with E-state index in [9.17, 15) is 9.59 Å². The predicted molar refractivity (Wildman–Crippen MR) is 159 cm³/mol. The van der Waals surface area contributed by atoms with Crippen LogP contribution in [0.5, 0.6) is 0 Å². The van der Waals surface area contributed by atoms with Crippen LogP contribution >= 0.6 is 11.6 Å². The fourth-order valence-corrected chi connectivity index (χ4v) is 5.94. The summed E-state index contributed by atoms with van der Waals surface area (Å²) in [6.07, 6.45) is 5.14. The predicted octanol–water partition coefficient (Wildman–Crippen LogP) is 5.25. The molecular formula is C32H33ClN4O3. The van der Waals surface area contributed by atoms with E-state index in [1.54, 1.807) is 18.3 Å². The molecule has 0 aliphatic carbocycles. The molecule has 3 heterocycles. The number of amides is 1. The van der Waals surface area contributed by atoms with Gasteiger partial charge in [-0.2, -0.15) is 0 Å².